The highest BCUT2D eigenvalue weighted by Crippen LogP contribution is 2.34. The van der Waals surface area contributed by atoms with Crippen LogP contribution in [0.1, 0.15) is 108 Å². The van der Waals surface area contributed by atoms with Gasteiger partial charge in [-0.2, -0.15) is 0 Å². The van der Waals surface area contributed by atoms with Crippen LogP contribution in [0.4, 0.5) is 0 Å². The Labute approximate surface area is 276 Å². The summed E-state index contributed by atoms with van der Waals surface area (Å²) < 4.78 is 26.2. The number of aliphatic hydroxyl groups is 4. The van der Waals surface area contributed by atoms with Gasteiger partial charge in [-0.3, -0.25) is 0 Å². The van der Waals surface area contributed by atoms with Crippen molar-refractivity contribution in [1.82, 2.24) is 4.90 Å². The second kappa shape index (κ2) is 20.9. The molecular formula is C36H73NO8. The number of hydrogen-bond acceptors (Lipinski definition) is 9. The first kappa shape index (κ1) is 42.7. The molecule has 1 saturated heterocycles. The normalized spacial score (nSPS) is 28.6. The van der Waals surface area contributed by atoms with E-state index in [1.165, 1.54) is 0 Å². The van der Waals surface area contributed by atoms with Crippen LogP contribution in [0.2, 0.25) is 0 Å². The molecule has 1 rings (SSSR count). The Bertz CT molecular complexity index is 769. The molecule has 9 nitrogen and oxygen atoms in total. The molecular weight excluding hydrogens is 574 g/mol. The molecule has 0 saturated carbocycles. The summed E-state index contributed by atoms with van der Waals surface area (Å²) >= 11 is 0. The Morgan fingerprint density at radius 1 is 0.822 bits per heavy atom. The van der Waals surface area contributed by atoms with Crippen molar-refractivity contribution in [3.63, 3.8) is 0 Å². The third-order valence-electron chi connectivity index (χ3n) is 10.1. The largest absolute Gasteiger partial charge is 0.393 e. The van der Waals surface area contributed by atoms with Crippen molar-refractivity contribution < 1.29 is 39.4 Å². The van der Waals surface area contributed by atoms with E-state index < -0.39 is 30.7 Å². The Balaban J connectivity index is 3.32. The average Bonchev–Trinajstić information content (AvgIpc) is 2.97. The maximum atomic E-state index is 11.3. The van der Waals surface area contributed by atoms with Crippen LogP contribution < -0.4 is 0 Å². The van der Waals surface area contributed by atoms with Gasteiger partial charge in [-0.05, 0) is 77.8 Å². The third-order valence-corrected chi connectivity index (χ3v) is 10.1. The number of likely N-dealkylation sites (N-methyl/N-ethyl adjacent to an activating group) is 1. The van der Waals surface area contributed by atoms with E-state index in [4.69, 9.17) is 18.9 Å². The maximum Gasteiger partial charge on any atom is 0.185 e. The maximum absolute atomic E-state index is 11.3. The van der Waals surface area contributed by atoms with Gasteiger partial charge in [-0.1, -0.05) is 62.3 Å². The van der Waals surface area contributed by atoms with Gasteiger partial charge in [-0.25, -0.2) is 0 Å². The molecule has 1 aliphatic rings. The number of rotatable bonds is 22. The summed E-state index contributed by atoms with van der Waals surface area (Å²) in [7, 11) is 3.96. The monoisotopic (exact) mass is 648 g/mol. The van der Waals surface area contributed by atoms with Crippen LogP contribution in [0.25, 0.3) is 0 Å². The standard InChI is InChI=1S/C36H73NO8/c1-14-30(39)26(9)31(15-2)43-20-24(7)34(42-17-16-22(5)32(40)28(11)38)27(10)35(23(6)18-21(3)4)45-36-33(41)29(37(12)13)19-25(8)44-36/h21-36,38-41H,14-20H2,1-13H3/t22-,23?,24?,25?,26?,27?,28?,29?,30?,31?,32?,33?,34?,35?,36-/m0/s1. The molecule has 9 heteroatoms. The Kier molecular flexibility index (Phi) is 19.8. The molecule has 0 spiro atoms. The Morgan fingerprint density at radius 3 is 1.96 bits per heavy atom. The van der Waals surface area contributed by atoms with Gasteiger partial charge in [0.05, 0.1) is 49.3 Å². The van der Waals surface area contributed by atoms with E-state index in [0.717, 1.165) is 19.3 Å². The van der Waals surface area contributed by atoms with Crippen LogP contribution in [-0.4, -0.2) is 114 Å². The number of hydrogen-bond donors (Lipinski definition) is 4. The molecule has 15 atom stereocenters. The first-order valence-electron chi connectivity index (χ1n) is 17.9. The summed E-state index contributed by atoms with van der Waals surface area (Å²) in [5, 5.41) is 42.1. The Morgan fingerprint density at radius 2 is 1.44 bits per heavy atom. The van der Waals surface area contributed by atoms with Crippen molar-refractivity contribution in [3.05, 3.63) is 0 Å². The molecule has 1 heterocycles. The fourth-order valence-corrected chi connectivity index (χ4v) is 7.15. The smallest absolute Gasteiger partial charge is 0.185 e. The minimum absolute atomic E-state index is 0.00000861. The van der Waals surface area contributed by atoms with Gasteiger partial charge in [0, 0.05) is 30.4 Å². The van der Waals surface area contributed by atoms with E-state index in [2.05, 4.69) is 41.5 Å². The lowest BCUT2D eigenvalue weighted by Crippen LogP contribution is -2.56. The van der Waals surface area contributed by atoms with Crippen molar-refractivity contribution in [3.8, 4) is 0 Å². The van der Waals surface area contributed by atoms with Crippen LogP contribution in [0.15, 0.2) is 0 Å². The minimum atomic E-state index is -0.819. The van der Waals surface area contributed by atoms with Crippen LogP contribution in [0.3, 0.4) is 0 Å². The molecule has 0 aliphatic carbocycles. The van der Waals surface area contributed by atoms with Crippen molar-refractivity contribution in [2.45, 2.75) is 169 Å². The van der Waals surface area contributed by atoms with Gasteiger partial charge in [-0.15, -0.1) is 0 Å². The van der Waals surface area contributed by atoms with Crippen LogP contribution in [-0.2, 0) is 18.9 Å². The van der Waals surface area contributed by atoms with E-state index in [0.29, 0.717) is 32.0 Å². The molecule has 0 aromatic heterocycles. The fourth-order valence-electron chi connectivity index (χ4n) is 7.15. The van der Waals surface area contributed by atoms with Gasteiger partial charge in [0.25, 0.3) is 0 Å². The molecule has 4 N–H and O–H groups in total. The highest BCUT2D eigenvalue weighted by Gasteiger charge is 2.43. The SMILES string of the molecule is CCC(O)C(C)C(CC)OCC(C)C(OCC[C@H](C)C(O)C(C)O)C(C)C(O[C@@H]1OC(C)CC(N(C)C)C1O)C(C)CC(C)C. The lowest BCUT2D eigenvalue weighted by molar-refractivity contribution is -0.284. The van der Waals surface area contributed by atoms with E-state index in [9.17, 15) is 20.4 Å². The van der Waals surface area contributed by atoms with E-state index in [-0.39, 0.29) is 60.0 Å². The Hall–Kier alpha value is -0.360. The highest BCUT2D eigenvalue weighted by atomic mass is 16.7. The first-order chi connectivity index (χ1) is 21.0. The van der Waals surface area contributed by atoms with Crippen LogP contribution >= 0.6 is 0 Å². The molecule has 0 bridgehead atoms. The summed E-state index contributed by atoms with van der Waals surface area (Å²) in [6.45, 7) is 23.5. The zero-order valence-corrected chi connectivity index (χ0v) is 31.1. The molecule has 270 valence electrons. The second-order valence-corrected chi connectivity index (χ2v) is 15.1. The second-order valence-electron chi connectivity index (χ2n) is 15.1. The third kappa shape index (κ3) is 13.6. The van der Waals surface area contributed by atoms with Gasteiger partial charge in [0.1, 0.15) is 6.10 Å². The zero-order valence-electron chi connectivity index (χ0n) is 31.1. The minimum Gasteiger partial charge on any atom is -0.393 e. The molecule has 45 heavy (non-hydrogen) atoms. The predicted octanol–water partition coefficient (Wildman–Crippen LogP) is 5.11. The van der Waals surface area contributed by atoms with Gasteiger partial charge < -0.3 is 44.3 Å². The molecule has 0 amide bonds. The summed E-state index contributed by atoms with van der Waals surface area (Å²) in [5.41, 5.74) is 0. The van der Waals surface area contributed by atoms with Crippen LogP contribution in [0, 0.1) is 35.5 Å². The number of aliphatic hydroxyl groups excluding tert-OH is 4. The van der Waals surface area contributed by atoms with Gasteiger partial charge in [0.2, 0.25) is 0 Å². The molecule has 1 fully saturated rings. The van der Waals surface area contributed by atoms with Gasteiger partial charge in [0.15, 0.2) is 6.29 Å². The van der Waals surface area contributed by atoms with E-state index >= 15 is 0 Å². The van der Waals surface area contributed by atoms with Crippen LogP contribution in [0.5, 0.6) is 0 Å². The van der Waals surface area contributed by atoms with Crippen molar-refractivity contribution in [2.75, 3.05) is 27.3 Å². The summed E-state index contributed by atoms with van der Waals surface area (Å²) in [4.78, 5) is 2.05. The van der Waals surface area contributed by atoms with Crippen molar-refractivity contribution in [1.29, 1.82) is 0 Å². The molecule has 13 unspecified atom stereocenters. The molecule has 0 aromatic carbocycles. The topological polar surface area (TPSA) is 121 Å². The molecule has 1 aliphatic heterocycles. The van der Waals surface area contributed by atoms with E-state index in [1.807, 2.05) is 46.7 Å². The zero-order chi connectivity index (χ0) is 34.6. The number of nitrogens with zero attached hydrogens (tertiary/aromatic N) is 1. The average molecular weight is 648 g/mol. The quantitative estimate of drug-likeness (QED) is 0.127. The predicted molar refractivity (Wildman–Crippen MR) is 181 cm³/mol. The first-order valence-corrected chi connectivity index (χ1v) is 17.9. The number of ether oxygens (including phenoxy) is 4. The summed E-state index contributed by atoms with van der Waals surface area (Å²) in [6, 6.07) is -0.0669. The highest BCUT2D eigenvalue weighted by molar-refractivity contribution is 4.89. The van der Waals surface area contributed by atoms with Gasteiger partial charge >= 0.3 is 0 Å². The molecule has 0 aromatic rings. The van der Waals surface area contributed by atoms with E-state index in [1.54, 1.807) is 6.92 Å². The molecule has 0 radical (unpaired) electrons. The lowest BCUT2D eigenvalue weighted by Gasteiger charge is -2.45. The fraction of sp³-hybridized carbons (Fsp3) is 1.00. The van der Waals surface area contributed by atoms with Crippen molar-refractivity contribution >= 4 is 0 Å². The summed E-state index contributed by atoms with van der Waals surface area (Å²) in [5.74, 6) is 0.452. The summed E-state index contributed by atoms with van der Waals surface area (Å²) in [6.07, 6.45) is -0.415. The lowest BCUT2D eigenvalue weighted by atomic mass is 9.81. The van der Waals surface area contributed by atoms with Crippen molar-refractivity contribution in [2.24, 2.45) is 35.5 Å².